The lowest BCUT2D eigenvalue weighted by Crippen LogP contribution is -2.24. The number of H-pyrrole nitrogens is 2. The minimum Gasteiger partial charge on any atom is -0.497 e. The third kappa shape index (κ3) is 10.0. The van der Waals surface area contributed by atoms with Crippen molar-refractivity contribution in [3.63, 3.8) is 0 Å². The Bertz CT molecular complexity index is 2530. The van der Waals surface area contributed by atoms with Crippen LogP contribution in [0.5, 0.6) is 5.75 Å². The molecule has 4 aliphatic rings. The standard InChI is InChI=1S/C22H26ClN5O2.C15H21N5O2.C7H7ClO/c1-14-11-27(12-15-3-2-4-17(23)9-15)13-18(14)20-25-22(29)19-10-24-21(28(19)26-20)16-5-7-30-8-6-16;1-9-6-16-7-11(9)13-18-15(21)12-8-17-14(20(12)19-13)10-2-4-22-5-3-10;1-9-7-4-2-3-6(8)5-7/h2-4,9-10,14,16,18H,5-8,11-13H2,1H3,(H,25,26,29);8-11,16H,2-7H2,1H3,(H,18,19,21);2-5H,1H3. The third-order valence-electron chi connectivity index (χ3n) is 12.3. The van der Waals surface area contributed by atoms with Crippen molar-refractivity contribution in [2.45, 2.75) is 69.7 Å². The zero-order chi connectivity index (χ0) is 42.5. The van der Waals surface area contributed by atoms with Gasteiger partial charge in [0.05, 0.1) is 19.5 Å². The number of imidazole rings is 2. The van der Waals surface area contributed by atoms with E-state index in [0.29, 0.717) is 33.8 Å². The Morgan fingerprint density at radius 3 is 1.79 bits per heavy atom. The maximum Gasteiger partial charge on any atom is 0.276 e. The van der Waals surface area contributed by atoms with Gasteiger partial charge in [-0.05, 0) is 80.0 Å². The maximum atomic E-state index is 12.8. The largest absolute Gasteiger partial charge is 0.497 e. The molecule has 4 unspecified atom stereocenters. The molecule has 0 amide bonds. The van der Waals surface area contributed by atoms with E-state index in [1.165, 1.54) is 5.56 Å². The lowest BCUT2D eigenvalue weighted by Gasteiger charge is -2.21. The average Bonchev–Trinajstić information content (AvgIpc) is 4.08. The van der Waals surface area contributed by atoms with E-state index in [0.717, 1.165) is 119 Å². The summed E-state index contributed by atoms with van der Waals surface area (Å²) in [6.07, 6.45) is 6.97. The first-order chi connectivity index (χ1) is 29.6. The SMILES string of the molecule is CC1CN(Cc2cccc(Cl)c2)CC1c1nn2c(C3CCOCC3)ncc2c(=O)[nH]1.CC1CNCC1c1nn2c(C3CCOCC3)ncc2c(=O)[nH]1.COc1cccc(Cl)c1. The highest BCUT2D eigenvalue weighted by molar-refractivity contribution is 6.30. The van der Waals surface area contributed by atoms with Crippen molar-refractivity contribution in [1.29, 1.82) is 0 Å². The number of hydrogen-bond acceptors (Lipinski definition) is 11. The highest BCUT2D eigenvalue weighted by Gasteiger charge is 2.34. The van der Waals surface area contributed by atoms with Crippen LogP contribution in [0, 0.1) is 11.8 Å². The average molecular weight is 874 g/mol. The molecule has 4 saturated heterocycles. The van der Waals surface area contributed by atoms with Gasteiger partial charge >= 0.3 is 0 Å². The number of ether oxygens (including phenoxy) is 3. The van der Waals surface area contributed by atoms with Gasteiger partial charge in [0.1, 0.15) is 29.0 Å². The fourth-order valence-electron chi connectivity index (χ4n) is 8.88. The van der Waals surface area contributed by atoms with Gasteiger partial charge in [-0.1, -0.05) is 55.2 Å². The fourth-order valence-corrected chi connectivity index (χ4v) is 9.28. The summed E-state index contributed by atoms with van der Waals surface area (Å²) in [5, 5.41) is 14.4. The van der Waals surface area contributed by atoms with Crippen molar-refractivity contribution < 1.29 is 14.2 Å². The first-order valence-electron chi connectivity index (χ1n) is 21.2. The molecule has 2 aromatic carbocycles. The smallest absolute Gasteiger partial charge is 0.276 e. The normalized spacial score (nSPS) is 22.5. The zero-order valence-corrected chi connectivity index (χ0v) is 36.4. The Morgan fingerprint density at radius 1 is 0.721 bits per heavy atom. The number of halogens is 2. The number of aromatic amines is 2. The molecule has 4 aromatic heterocycles. The molecule has 0 saturated carbocycles. The van der Waals surface area contributed by atoms with Crippen LogP contribution >= 0.6 is 23.2 Å². The summed E-state index contributed by atoms with van der Waals surface area (Å²) in [5.74, 6) is 5.96. The van der Waals surface area contributed by atoms with Crippen LogP contribution in [-0.4, -0.2) is 104 Å². The molecule has 0 bridgehead atoms. The first-order valence-corrected chi connectivity index (χ1v) is 22.0. The fraction of sp³-hybridized carbons (Fsp3) is 0.500. The van der Waals surface area contributed by atoms with Crippen molar-refractivity contribution in [3.8, 4) is 5.75 Å². The molecular weight excluding hydrogens is 819 g/mol. The predicted molar refractivity (Wildman–Crippen MR) is 234 cm³/mol. The topological polar surface area (TPSA) is 169 Å². The van der Waals surface area contributed by atoms with E-state index >= 15 is 0 Å². The molecule has 0 radical (unpaired) electrons. The molecule has 17 heteroatoms. The molecule has 0 aliphatic carbocycles. The zero-order valence-electron chi connectivity index (χ0n) is 34.9. The molecule has 8 heterocycles. The van der Waals surface area contributed by atoms with Crippen LogP contribution in [0.3, 0.4) is 0 Å². The molecule has 4 fully saturated rings. The number of hydrogen-bond donors (Lipinski definition) is 3. The van der Waals surface area contributed by atoms with Crippen LogP contribution in [0.25, 0.3) is 11.0 Å². The number of aromatic nitrogens is 8. The summed E-state index contributed by atoms with van der Waals surface area (Å²) in [5.41, 5.74) is 2.02. The molecule has 4 atom stereocenters. The summed E-state index contributed by atoms with van der Waals surface area (Å²) in [6.45, 7) is 11.8. The van der Waals surface area contributed by atoms with Crippen LogP contribution in [-0.2, 0) is 16.0 Å². The third-order valence-corrected chi connectivity index (χ3v) is 12.8. The second kappa shape index (κ2) is 19.6. The van der Waals surface area contributed by atoms with Crippen LogP contribution < -0.4 is 21.2 Å². The summed E-state index contributed by atoms with van der Waals surface area (Å²) in [6, 6.07) is 15.3. The van der Waals surface area contributed by atoms with Crippen molar-refractivity contribution in [1.82, 2.24) is 49.4 Å². The van der Waals surface area contributed by atoms with Gasteiger partial charge < -0.3 is 29.5 Å². The number of likely N-dealkylation sites (tertiary alicyclic amines) is 1. The van der Waals surface area contributed by atoms with Crippen molar-refractivity contribution in [2.75, 3.05) is 59.7 Å². The highest BCUT2D eigenvalue weighted by Crippen LogP contribution is 2.32. The number of benzene rings is 2. The van der Waals surface area contributed by atoms with E-state index in [2.05, 4.69) is 50.1 Å². The number of rotatable bonds is 7. The number of methoxy groups -OCH3 is 1. The lowest BCUT2D eigenvalue weighted by atomic mass is 9.97. The molecular formula is C44H54Cl2N10O5. The molecule has 324 valence electrons. The Morgan fingerprint density at radius 2 is 1.28 bits per heavy atom. The molecule has 15 nitrogen and oxygen atoms in total. The minimum absolute atomic E-state index is 0.102. The Labute approximate surface area is 364 Å². The van der Waals surface area contributed by atoms with Crippen molar-refractivity contribution >= 4 is 34.2 Å². The number of nitrogens with one attached hydrogen (secondary N) is 3. The van der Waals surface area contributed by atoms with E-state index in [9.17, 15) is 9.59 Å². The Hall–Kier alpha value is -4.64. The van der Waals surface area contributed by atoms with Gasteiger partial charge in [-0.2, -0.15) is 10.2 Å². The molecule has 10 rings (SSSR count). The van der Waals surface area contributed by atoms with Crippen LogP contribution in [0.15, 0.2) is 70.5 Å². The summed E-state index contributed by atoms with van der Waals surface area (Å²) in [4.78, 5) is 42.5. The van der Waals surface area contributed by atoms with E-state index in [1.54, 1.807) is 34.6 Å². The van der Waals surface area contributed by atoms with Gasteiger partial charge in [-0.25, -0.2) is 19.0 Å². The summed E-state index contributed by atoms with van der Waals surface area (Å²) < 4.78 is 19.3. The predicted octanol–water partition coefficient (Wildman–Crippen LogP) is 6.18. The van der Waals surface area contributed by atoms with E-state index in [-0.39, 0.29) is 28.9 Å². The molecule has 3 N–H and O–H groups in total. The van der Waals surface area contributed by atoms with E-state index in [4.69, 9.17) is 47.6 Å². The quantitative estimate of drug-likeness (QED) is 0.168. The monoisotopic (exact) mass is 872 g/mol. The van der Waals surface area contributed by atoms with Gasteiger partial charge in [0.2, 0.25) is 0 Å². The van der Waals surface area contributed by atoms with Gasteiger partial charge in [-0.3, -0.25) is 14.5 Å². The van der Waals surface area contributed by atoms with Gasteiger partial charge in [-0.15, -0.1) is 0 Å². The maximum absolute atomic E-state index is 12.8. The molecule has 0 spiro atoms. The Balaban J connectivity index is 0.000000144. The van der Waals surface area contributed by atoms with Gasteiger partial charge in [0, 0.05) is 86.3 Å². The highest BCUT2D eigenvalue weighted by atomic mass is 35.5. The second-order valence-corrected chi connectivity index (χ2v) is 17.5. The van der Waals surface area contributed by atoms with Crippen molar-refractivity contribution in [2.24, 2.45) is 11.8 Å². The number of fused-ring (bicyclic) bond motifs is 2. The van der Waals surface area contributed by atoms with E-state index in [1.807, 2.05) is 36.4 Å². The Kier molecular flexibility index (Phi) is 13.8. The first kappa shape index (κ1) is 43.0. The van der Waals surface area contributed by atoms with Crippen LogP contribution in [0.1, 0.15) is 92.1 Å². The van der Waals surface area contributed by atoms with Crippen molar-refractivity contribution in [3.05, 3.63) is 121 Å². The summed E-state index contributed by atoms with van der Waals surface area (Å²) >= 11 is 11.8. The van der Waals surface area contributed by atoms with E-state index < -0.39 is 0 Å². The van der Waals surface area contributed by atoms with Gasteiger partial charge in [0.25, 0.3) is 11.1 Å². The lowest BCUT2D eigenvalue weighted by molar-refractivity contribution is 0.0831. The van der Waals surface area contributed by atoms with Gasteiger partial charge in [0.15, 0.2) is 11.0 Å². The summed E-state index contributed by atoms with van der Waals surface area (Å²) in [7, 11) is 1.62. The molecule has 61 heavy (non-hydrogen) atoms. The molecule has 4 aliphatic heterocycles. The van der Waals surface area contributed by atoms with Crippen LogP contribution in [0.4, 0.5) is 0 Å². The van der Waals surface area contributed by atoms with Crippen LogP contribution in [0.2, 0.25) is 10.0 Å². The minimum atomic E-state index is -0.119. The molecule has 6 aromatic rings. The second-order valence-electron chi connectivity index (χ2n) is 16.6. The number of nitrogens with zero attached hydrogens (tertiary/aromatic N) is 7.